The van der Waals surface area contributed by atoms with E-state index >= 15 is 0 Å². The van der Waals surface area contributed by atoms with Crippen LogP contribution in [0.3, 0.4) is 0 Å². The van der Waals surface area contributed by atoms with Crippen molar-refractivity contribution in [1.29, 1.82) is 0 Å². The van der Waals surface area contributed by atoms with Gasteiger partial charge in [-0.3, -0.25) is 14.5 Å². The molecular formula is C19H17N3O5S3. The topological polar surface area (TPSA) is 119 Å². The monoisotopic (exact) mass is 463 g/mol. The molecule has 1 fully saturated rings. The molecule has 0 spiro atoms. The van der Waals surface area contributed by atoms with Gasteiger partial charge < -0.3 is 10.1 Å². The van der Waals surface area contributed by atoms with Crippen LogP contribution in [-0.4, -0.2) is 43.1 Å². The third kappa shape index (κ3) is 5.05. The first-order chi connectivity index (χ1) is 14.2. The van der Waals surface area contributed by atoms with Gasteiger partial charge in [-0.2, -0.15) is 0 Å². The summed E-state index contributed by atoms with van der Waals surface area (Å²) in [5.74, 6) is -0.243. The number of carbonyl (C=O) groups excluding carboxylic acids is 2. The standard InChI is InChI=1S/C19H17N3O5S3/c1-27-15-5-3-2-4-12(15)10-16-18(24)22(19(28)29-16)11-17(23)21-13-6-8-14(9-7-13)30(20,25)26/h2-10H,11H2,1H3,(H,21,23)(H2,20,25,26)/b16-10-. The number of primary sulfonamides is 1. The van der Waals surface area contributed by atoms with Crippen molar-refractivity contribution in [3.05, 3.63) is 59.0 Å². The first-order valence-electron chi connectivity index (χ1n) is 8.50. The number of nitrogens with zero attached hydrogens (tertiary/aromatic N) is 1. The summed E-state index contributed by atoms with van der Waals surface area (Å²) in [6.07, 6.45) is 1.67. The molecule has 0 atom stereocenters. The molecule has 1 aliphatic heterocycles. The molecule has 1 saturated heterocycles. The summed E-state index contributed by atoms with van der Waals surface area (Å²) in [6, 6.07) is 12.6. The van der Waals surface area contributed by atoms with Crippen LogP contribution in [-0.2, 0) is 19.6 Å². The van der Waals surface area contributed by atoms with Gasteiger partial charge in [0.05, 0.1) is 16.9 Å². The van der Waals surface area contributed by atoms with Gasteiger partial charge >= 0.3 is 0 Å². The molecule has 30 heavy (non-hydrogen) atoms. The lowest BCUT2D eigenvalue weighted by molar-refractivity contribution is -0.126. The number of nitrogens with two attached hydrogens (primary N) is 1. The largest absolute Gasteiger partial charge is 0.496 e. The van der Waals surface area contributed by atoms with Crippen LogP contribution in [0.5, 0.6) is 5.75 Å². The number of ether oxygens (including phenoxy) is 1. The zero-order valence-corrected chi connectivity index (χ0v) is 18.1. The fraction of sp³-hybridized carbons (Fsp3) is 0.105. The lowest BCUT2D eigenvalue weighted by Gasteiger charge is -2.14. The Kier molecular flexibility index (Phi) is 6.56. The first kappa shape index (κ1) is 22.0. The number of rotatable bonds is 6. The molecule has 2 aromatic rings. The maximum Gasteiger partial charge on any atom is 0.266 e. The Morgan fingerprint density at radius 3 is 2.53 bits per heavy atom. The molecule has 2 aromatic carbocycles. The number of sulfonamides is 1. The van der Waals surface area contributed by atoms with Crippen LogP contribution < -0.4 is 15.2 Å². The van der Waals surface area contributed by atoms with Crippen LogP contribution >= 0.6 is 24.0 Å². The van der Waals surface area contributed by atoms with Crippen molar-refractivity contribution in [2.24, 2.45) is 5.14 Å². The molecule has 8 nitrogen and oxygen atoms in total. The molecular weight excluding hydrogens is 446 g/mol. The molecule has 0 aromatic heterocycles. The van der Waals surface area contributed by atoms with E-state index in [1.807, 2.05) is 18.2 Å². The quantitative estimate of drug-likeness (QED) is 0.498. The van der Waals surface area contributed by atoms with Gasteiger partial charge in [-0.1, -0.05) is 42.2 Å². The van der Waals surface area contributed by atoms with E-state index in [-0.39, 0.29) is 21.7 Å². The van der Waals surface area contributed by atoms with E-state index in [2.05, 4.69) is 5.32 Å². The highest BCUT2D eigenvalue weighted by atomic mass is 32.2. The summed E-state index contributed by atoms with van der Waals surface area (Å²) < 4.78 is 28.1. The van der Waals surface area contributed by atoms with Crippen LogP contribution in [0.4, 0.5) is 5.69 Å². The SMILES string of the molecule is COc1ccccc1/C=C1\SC(=S)N(CC(=O)Nc2ccc(S(N)(=O)=O)cc2)C1=O. The molecule has 156 valence electrons. The molecule has 2 amide bonds. The number of amides is 2. The van der Waals surface area contributed by atoms with Crippen LogP contribution in [0.15, 0.2) is 58.3 Å². The van der Waals surface area contributed by atoms with Crippen molar-refractivity contribution >= 4 is 61.9 Å². The summed E-state index contributed by atoms with van der Waals surface area (Å²) in [6.45, 7) is -0.273. The van der Waals surface area contributed by atoms with Gasteiger partial charge in [0.2, 0.25) is 15.9 Å². The van der Waals surface area contributed by atoms with Crippen molar-refractivity contribution in [3.8, 4) is 5.75 Å². The first-order valence-corrected chi connectivity index (χ1v) is 11.3. The van der Waals surface area contributed by atoms with E-state index in [0.29, 0.717) is 16.3 Å². The van der Waals surface area contributed by atoms with Crippen LogP contribution in [0, 0.1) is 0 Å². The lowest BCUT2D eigenvalue weighted by Crippen LogP contribution is -2.36. The summed E-state index contributed by atoms with van der Waals surface area (Å²) in [7, 11) is -2.28. The summed E-state index contributed by atoms with van der Waals surface area (Å²) in [5.41, 5.74) is 1.09. The number of para-hydroxylation sites is 1. The third-order valence-corrected chi connectivity index (χ3v) is 6.37. The highest BCUT2D eigenvalue weighted by Crippen LogP contribution is 2.34. The van der Waals surface area contributed by atoms with E-state index in [1.165, 1.54) is 36.3 Å². The predicted molar refractivity (Wildman–Crippen MR) is 119 cm³/mol. The van der Waals surface area contributed by atoms with E-state index in [4.69, 9.17) is 22.1 Å². The minimum atomic E-state index is -3.82. The van der Waals surface area contributed by atoms with Crippen molar-refractivity contribution in [2.75, 3.05) is 19.0 Å². The maximum atomic E-state index is 12.7. The zero-order chi connectivity index (χ0) is 21.9. The minimum Gasteiger partial charge on any atom is -0.496 e. The van der Waals surface area contributed by atoms with Gasteiger partial charge in [0.15, 0.2) is 0 Å². The summed E-state index contributed by atoms with van der Waals surface area (Å²) >= 11 is 6.35. The maximum absolute atomic E-state index is 12.7. The Hall–Kier alpha value is -2.73. The smallest absolute Gasteiger partial charge is 0.266 e. The fourth-order valence-electron chi connectivity index (χ4n) is 2.64. The van der Waals surface area contributed by atoms with Crippen molar-refractivity contribution in [3.63, 3.8) is 0 Å². The normalized spacial score (nSPS) is 15.5. The van der Waals surface area contributed by atoms with Crippen molar-refractivity contribution < 1.29 is 22.7 Å². The molecule has 11 heteroatoms. The number of nitrogens with one attached hydrogen (secondary N) is 1. The van der Waals surface area contributed by atoms with Crippen molar-refractivity contribution in [1.82, 2.24) is 4.90 Å². The Morgan fingerprint density at radius 2 is 1.90 bits per heavy atom. The second-order valence-corrected chi connectivity index (χ2v) is 9.36. The Morgan fingerprint density at radius 1 is 1.23 bits per heavy atom. The number of thiocarbonyl (C=S) groups is 1. The van der Waals surface area contributed by atoms with Gasteiger partial charge in [0.1, 0.15) is 16.6 Å². The Labute approximate surface area is 183 Å². The highest BCUT2D eigenvalue weighted by molar-refractivity contribution is 8.26. The molecule has 0 saturated carbocycles. The van der Waals surface area contributed by atoms with Crippen molar-refractivity contribution in [2.45, 2.75) is 4.90 Å². The van der Waals surface area contributed by atoms with Crippen LogP contribution in [0.25, 0.3) is 6.08 Å². The number of thioether (sulfide) groups is 1. The highest BCUT2D eigenvalue weighted by Gasteiger charge is 2.33. The van der Waals surface area contributed by atoms with Gasteiger partial charge in [-0.25, -0.2) is 13.6 Å². The van der Waals surface area contributed by atoms with Crippen LogP contribution in [0.1, 0.15) is 5.56 Å². The summed E-state index contributed by atoms with van der Waals surface area (Å²) in [4.78, 5) is 26.6. The average Bonchev–Trinajstić information content (AvgIpc) is 2.95. The van der Waals surface area contributed by atoms with Gasteiger partial charge in [-0.05, 0) is 36.4 Å². The lowest BCUT2D eigenvalue weighted by atomic mass is 10.2. The predicted octanol–water partition coefficient (Wildman–Crippen LogP) is 2.18. The molecule has 0 bridgehead atoms. The number of methoxy groups -OCH3 is 1. The number of carbonyl (C=O) groups is 2. The third-order valence-electron chi connectivity index (χ3n) is 4.07. The van der Waals surface area contributed by atoms with E-state index in [1.54, 1.807) is 12.1 Å². The Bertz CT molecular complexity index is 1140. The molecule has 1 aliphatic rings. The Balaban J connectivity index is 1.69. The average molecular weight is 464 g/mol. The van der Waals surface area contributed by atoms with Gasteiger partial charge in [-0.15, -0.1) is 0 Å². The summed E-state index contributed by atoms with van der Waals surface area (Å²) in [5, 5.41) is 7.64. The number of benzene rings is 2. The zero-order valence-electron chi connectivity index (χ0n) is 15.7. The second-order valence-electron chi connectivity index (χ2n) is 6.13. The number of hydrogen-bond donors (Lipinski definition) is 2. The van der Waals surface area contributed by atoms with E-state index < -0.39 is 15.9 Å². The van der Waals surface area contributed by atoms with Gasteiger partial charge in [0.25, 0.3) is 5.91 Å². The number of hydrogen-bond acceptors (Lipinski definition) is 7. The van der Waals surface area contributed by atoms with E-state index in [0.717, 1.165) is 17.3 Å². The fourth-order valence-corrected chi connectivity index (χ4v) is 4.40. The van der Waals surface area contributed by atoms with Gasteiger partial charge in [0, 0.05) is 11.3 Å². The van der Waals surface area contributed by atoms with E-state index in [9.17, 15) is 18.0 Å². The number of anilines is 1. The molecule has 0 radical (unpaired) electrons. The molecule has 0 aliphatic carbocycles. The second kappa shape index (κ2) is 8.96. The molecule has 0 unspecified atom stereocenters. The molecule has 3 rings (SSSR count). The molecule has 3 N–H and O–H groups in total. The van der Waals surface area contributed by atoms with Crippen LogP contribution in [0.2, 0.25) is 0 Å². The minimum absolute atomic E-state index is 0.0704. The molecule has 1 heterocycles.